The Morgan fingerprint density at radius 3 is 2.71 bits per heavy atom. The Hall–Kier alpha value is -1.65. The molecule has 1 unspecified atom stereocenters. The van der Waals surface area contributed by atoms with Crippen LogP contribution in [0.2, 0.25) is 5.02 Å². The van der Waals surface area contributed by atoms with E-state index in [1.165, 1.54) is 0 Å². The van der Waals surface area contributed by atoms with Crippen LogP contribution in [-0.4, -0.2) is 21.9 Å². The summed E-state index contributed by atoms with van der Waals surface area (Å²) in [5, 5.41) is 4.14. The van der Waals surface area contributed by atoms with Gasteiger partial charge in [0.2, 0.25) is 0 Å². The molecular weight excluding hydrogens is 286 g/mol. The zero-order valence-corrected chi connectivity index (χ0v) is 13.3. The fraction of sp³-hybridized carbons (Fsp3) is 0.375. The monoisotopic (exact) mass is 305 g/mol. The highest BCUT2D eigenvalue weighted by atomic mass is 35.5. The van der Waals surface area contributed by atoms with Gasteiger partial charge in [-0.25, -0.2) is 4.98 Å². The maximum absolute atomic E-state index is 11.2. The molecule has 0 radical (unpaired) electrons. The van der Waals surface area contributed by atoms with Gasteiger partial charge in [0.05, 0.1) is 12.2 Å². The van der Waals surface area contributed by atoms with Crippen molar-refractivity contribution in [2.45, 2.75) is 33.4 Å². The highest BCUT2D eigenvalue weighted by Gasteiger charge is 2.20. The first-order chi connectivity index (χ1) is 10.0. The molecule has 0 saturated carbocycles. The molecule has 5 heteroatoms. The maximum Gasteiger partial charge on any atom is 0.177 e. The number of carbonyl (C=O) groups is 1. The standard InChI is InChI=1S/C9H13N3O.C7H7Cl/c1-6-9-11-5-8(7(2)13)12(9)4-3-10-6;1-6-4-2-3-5-7(6)8/h5-6,10H,3-4H2,1-2H3;2-5H,1H3. The number of hydrogen-bond acceptors (Lipinski definition) is 3. The van der Waals surface area contributed by atoms with E-state index in [1.54, 1.807) is 13.1 Å². The predicted molar refractivity (Wildman–Crippen MR) is 84.8 cm³/mol. The Morgan fingerprint density at radius 1 is 1.43 bits per heavy atom. The van der Waals surface area contributed by atoms with E-state index in [2.05, 4.69) is 17.2 Å². The van der Waals surface area contributed by atoms with E-state index in [0.29, 0.717) is 0 Å². The Morgan fingerprint density at radius 2 is 2.14 bits per heavy atom. The summed E-state index contributed by atoms with van der Waals surface area (Å²) in [6.07, 6.45) is 1.67. The first-order valence-corrected chi connectivity index (χ1v) is 7.39. The second kappa shape index (κ2) is 6.87. The molecule has 2 heterocycles. The fourth-order valence-electron chi connectivity index (χ4n) is 2.29. The van der Waals surface area contributed by atoms with Gasteiger partial charge in [0.25, 0.3) is 0 Å². The van der Waals surface area contributed by atoms with Gasteiger partial charge in [0.15, 0.2) is 5.78 Å². The highest BCUT2D eigenvalue weighted by Crippen LogP contribution is 2.17. The van der Waals surface area contributed by atoms with Gasteiger partial charge < -0.3 is 9.88 Å². The van der Waals surface area contributed by atoms with E-state index in [4.69, 9.17) is 11.6 Å². The van der Waals surface area contributed by atoms with Crippen LogP contribution in [0.25, 0.3) is 0 Å². The summed E-state index contributed by atoms with van der Waals surface area (Å²) in [7, 11) is 0. The third-order valence-corrected chi connectivity index (χ3v) is 3.92. The molecule has 1 aliphatic rings. The highest BCUT2D eigenvalue weighted by molar-refractivity contribution is 6.31. The number of fused-ring (bicyclic) bond motifs is 1. The first-order valence-electron chi connectivity index (χ1n) is 7.01. The minimum atomic E-state index is 0.0906. The van der Waals surface area contributed by atoms with Crippen molar-refractivity contribution in [2.24, 2.45) is 0 Å². The van der Waals surface area contributed by atoms with E-state index in [0.717, 1.165) is 35.2 Å². The van der Waals surface area contributed by atoms with Gasteiger partial charge in [0.1, 0.15) is 11.5 Å². The van der Waals surface area contributed by atoms with E-state index >= 15 is 0 Å². The predicted octanol–water partition coefficient (Wildman–Crippen LogP) is 3.40. The average Bonchev–Trinajstić information content (AvgIpc) is 2.88. The van der Waals surface area contributed by atoms with Crippen LogP contribution in [0.3, 0.4) is 0 Å². The molecule has 4 nitrogen and oxygen atoms in total. The summed E-state index contributed by atoms with van der Waals surface area (Å²) in [4.78, 5) is 15.4. The lowest BCUT2D eigenvalue weighted by Crippen LogP contribution is -2.33. The normalized spacial score (nSPS) is 16.7. The van der Waals surface area contributed by atoms with Crippen LogP contribution in [0.1, 0.15) is 41.8 Å². The van der Waals surface area contributed by atoms with Crippen molar-refractivity contribution in [2.75, 3.05) is 6.54 Å². The zero-order chi connectivity index (χ0) is 15.4. The lowest BCUT2D eigenvalue weighted by Gasteiger charge is -2.22. The molecule has 1 atom stereocenters. The van der Waals surface area contributed by atoms with Crippen molar-refractivity contribution in [3.8, 4) is 0 Å². The third kappa shape index (κ3) is 3.71. The fourth-order valence-corrected chi connectivity index (χ4v) is 2.42. The Balaban J connectivity index is 0.000000173. The quantitative estimate of drug-likeness (QED) is 0.821. The van der Waals surface area contributed by atoms with Crippen LogP contribution in [0, 0.1) is 6.92 Å². The number of Topliss-reactive ketones (excluding diaryl/α,β-unsaturated/α-hetero) is 1. The smallest absolute Gasteiger partial charge is 0.177 e. The number of nitrogens with one attached hydrogen (secondary N) is 1. The summed E-state index contributed by atoms with van der Waals surface area (Å²) < 4.78 is 2.00. The number of imidazole rings is 1. The van der Waals surface area contributed by atoms with Crippen molar-refractivity contribution in [1.82, 2.24) is 14.9 Å². The first kappa shape index (κ1) is 15.7. The second-order valence-electron chi connectivity index (χ2n) is 5.13. The number of hydrogen-bond donors (Lipinski definition) is 1. The Bertz CT molecular complexity index is 615. The van der Waals surface area contributed by atoms with Crippen molar-refractivity contribution in [1.29, 1.82) is 0 Å². The number of carbonyl (C=O) groups excluding carboxylic acids is 1. The molecule has 112 valence electrons. The minimum absolute atomic E-state index is 0.0906. The number of benzene rings is 1. The lowest BCUT2D eigenvalue weighted by molar-refractivity contribution is 0.100. The number of rotatable bonds is 1. The summed E-state index contributed by atoms with van der Waals surface area (Å²) in [5.74, 6) is 1.06. The number of aryl methyl sites for hydroxylation is 1. The topological polar surface area (TPSA) is 46.9 Å². The molecule has 3 rings (SSSR count). The Kier molecular flexibility index (Phi) is 5.15. The SMILES string of the molecule is CC(=O)c1cnc2n1CCNC2C.Cc1ccccc1Cl. The van der Waals surface area contributed by atoms with E-state index in [1.807, 2.05) is 35.8 Å². The lowest BCUT2D eigenvalue weighted by atomic mass is 10.2. The van der Waals surface area contributed by atoms with Crippen LogP contribution in [0.15, 0.2) is 30.5 Å². The molecule has 0 amide bonds. The van der Waals surface area contributed by atoms with Crippen LogP contribution < -0.4 is 5.32 Å². The van der Waals surface area contributed by atoms with Gasteiger partial charge in [-0.15, -0.1) is 0 Å². The summed E-state index contributed by atoms with van der Waals surface area (Å²) in [6, 6.07) is 8.03. The van der Waals surface area contributed by atoms with E-state index < -0.39 is 0 Å². The van der Waals surface area contributed by atoms with Gasteiger partial charge in [-0.2, -0.15) is 0 Å². The molecule has 1 aliphatic heterocycles. The van der Waals surface area contributed by atoms with Crippen LogP contribution in [0.5, 0.6) is 0 Å². The van der Waals surface area contributed by atoms with E-state index in [-0.39, 0.29) is 11.8 Å². The van der Waals surface area contributed by atoms with Crippen molar-refractivity contribution < 1.29 is 4.79 Å². The number of ketones is 1. The number of nitrogens with zero attached hydrogens (tertiary/aromatic N) is 2. The van der Waals surface area contributed by atoms with Crippen LogP contribution in [0.4, 0.5) is 0 Å². The van der Waals surface area contributed by atoms with Crippen molar-refractivity contribution >= 4 is 17.4 Å². The second-order valence-corrected chi connectivity index (χ2v) is 5.54. The van der Waals surface area contributed by atoms with Gasteiger partial charge in [-0.3, -0.25) is 4.79 Å². The summed E-state index contributed by atoms with van der Waals surface area (Å²) in [5.41, 5.74) is 1.86. The van der Waals surface area contributed by atoms with Crippen molar-refractivity contribution in [3.63, 3.8) is 0 Å². The molecule has 1 aromatic carbocycles. The molecule has 1 aromatic heterocycles. The van der Waals surface area contributed by atoms with Gasteiger partial charge >= 0.3 is 0 Å². The number of halogens is 1. The van der Waals surface area contributed by atoms with Gasteiger partial charge in [-0.05, 0) is 25.5 Å². The summed E-state index contributed by atoms with van der Waals surface area (Å²) in [6.45, 7) is 7.38. The van der Waals surface area contributed by atoms with Gasteiger partial charge in [0, 0.05) is 25.0 Å². The van der Waals surface area contributed by atoms with Crippen LogP contribution >= 0.6 is 11.6 Å². The molecule has 21 heavy (non-hydrogen) atoms. The maximum atomic E-state index is 11.2. The van der Waals surface area contributed by atoms with Crippen LogP contribution in [-0.2, 0) is 6.54 Å². The minimum Gasteiger partial charge on any atom is -0.323 e. The number of aromatic nitrogens is 2. The molecule has 0 saturated heterocycles. The van der Waals surface area contributed by atoms with Gasteiger partial charge in [-0.1, -0.05) is 29.8 Å². The molecule has 0 bridgehead atoms. The van der Waals surface area contributed by atoms with Crippen molar-refractivity contribution in [3.05, 3.63) is 52.6 Å². The molecule has 0 fully saturated rings. The molecule has 0 spiro atoms. The molecular formula is C16H20ClN3O. The van der Waals surface area contributed by atoms with E-state index in [9.17, 15) is 4.79 Å². The summed E-state index contributed by atoms with van der Waals surface area (Å²) >= 11 is 5.71. The third-order valence-electron chi connectivity index (χ3n) is 3.50. The largest absolute Gasteiger partial charge is 0.323 e. The molecule has 0 aliphatic carbocycles. The zero-order valence-electron chi connectivity index (χ0n) is 12.6. The molecule has 2 aromatic rings. The molecule has 1 N–H and O–H groups in total. The Labute approximate surface area is 130 Å². The average molecular weight is 306 g/mol.